The summed E-state index contributed by atoms with van der Waals surface area (Å²) in [6.45, 7) is 8.59. The van der Waals surface area contributed by atoms with E-state index in [-0.39, 0.29) is 24.3 Å². The molecule has 0 saturated carbocycles. The summed E-state index contributed by atoms with van der Waals surface area (Å²) < 4.78 is 3.83. The number of carbonyl (C=O) groups excluding carboxylic acids is 2. The first-order valence-electron chi connectivity index (χ1n) is 13.1. The van der Waals surface area contributed by atoms with Crippen molar-refractivity contribution in [3.05, 3.63) is 66.0 Å². The van der Waals surface area contributed by atoms with Crippen molar-refractivity contribution in [3.63, 3.8) is 0 Å². The Bertz CT molecular complexity index is 1150. The lowest BCUT2D eigenvalue weighted by Gasteiger charge is -2.29. The van der Waals surface area contributed by atoms with E-state index in [2.05, 4.69) is 42.1 Å². The van der Waals surface area contributed by atoms with Gasteiger partial charge in [-0.15, -0.1) is 0 Å². The molecule has 3 heterocycles. The molecule has 0 spiro atoms. The highest BCUT2D eigenvalue weighted by atomic mass is 16.2. The van der Waals surface area contributed by atoms with Gasteiger partial charge in [0.2, 0.25) is 11.8 Å². The molecule has 36 heavy (non-hydrogen) atoms. The van der Waals surface area contributed by atoms with Crippen molar-refractivity contribution in [1.29, 1.82) is 0 Å². The van der Waals surface area contributed by atoms with Gasteiger partial charge in [-0.3, -0.25) is 14.3 Å². The number of nitrogens with zero attached hydrogens (tertiary/aromatic N) is 6. The minimum Gasteiger partial charge on any atom is -0.337 e. The second-order valence-corrected chi connectivity index (χ2v) is 9.99. The Labute approximate surface area is 213 Å². The summed E-state index contributed by atoms with van der Waals surface area (Å²) in [6.07, 6.45) is 12.6. The van der Waals surface area contributed by atoms with Gasteiger partial charge in [0.15, 0.2) is 0 Å². The SMILES string of the molecule is CC(=O)N1CCCCCCCN(C(=O)Cn2ccnc2C(C)C)Cc2ccc(Cn3cccn3)cc21. The highest BCUT2D eigenvalue weighted by molar-refractivity contribution is 5.92. The number of carbonyl (C=O) groups is 2. The van der Waals surface area contributed by atoms with Crippen LogP contribution >= 0.6 is 0 Å². The monoisotopic (exact) mass is 490 g/mol. The third kappa shape index (κ3) is 6.42. The number of imidazole rings is 1. The molecule has 1 aliphatic heterocycles. The average molecular weight is 491 g/mol. The Morgan fingerprint density at radius 3 is 2.50 bits per heavy atom. The maximum atomic E-state index is 13.5. The summed E-state index contributed by atoms with van der Waals surface area (Å²) in [7, 11) is 0. The van der Waals surface area contributed by atoms with Crippen molar-refractivity contribution in [2.45, 2.75) is 78.4 Å². The third-order valence-corrected chi connectivity index (χ3v) is 6.82. The lowest BCUT2D eigenvalue weighted by Crippen LogP contribution is -2.36. The Balaban J connectivity index is 1.65. The van der Waals surface area contributed by atoms with Crippen LogP contribution in [-0.2, 0) is 29.2 Å². The molecule has 0 fully saturated rings. The van der Waals surface area contributed by atoms with Crippen LogP contribution in [0.15, 0.2) is 49.1 Å². The van der Waals surface area contributed by atoms with Crippen LogP contribution in [0.1, 0.15) is 75.7 Å². The maximum absolute atomic E-state index is 13.5. The van der Waals surface area contributed by atoms with Crippen molar-refractivity contribution >= 4 is 17.5 Å². The van der Waals surface area contributed by atoms with E-state index < -0.39 is 0 Å². The van der Waals surface area contributed by atoms with Crippen molar-refractivity contribution < 1.29 is 9.59 Å². The van der Waals surface area contributed by atoms with Crippen molar-refractivity contribution in [2.75, 3.05) is 18.0 Å². The molecule has 1 aliphatic rings. The van der Waals surface area contributed by atoms with Crippen LogP contribution in [0.25, 0.3) is 0 Å². The van der Waals surface area contributed by atoms with Gasteiger partial charge in [-0.05, 0) is 36.1 Å². The van der Waals surface area contributed by atoms with E-state index in [1.54, 1.807) is 19.3 Å². The number of hydrogen-bond donors (Lipinski definition) is 0. The molecule has 4 rings (SSSR count). The number of benzene rings is 1. The number of rotatable bonds is 5. The number of anilines is 1. The maximum Gasteiger partial charge on any atom is 0.242 e. The predicted octanol–water partition coefficient (Wildman–Crippen LogP) is 4.60. The smallest absolute Gasteiger partial charge is 0.242 e. The fourth-order valence-corrected chi connectivity index (χ4v) is 4.92. The van der Waals surface area contributed by atoms with Gasteiger partial charge in [-0.25, -0.2) is 4.98 Å². The molecule has 0 radical (unpaired) electrons. The summed E-state index contributed by atoms with van der Waals surface area (Å²) in [5.74, 6) is 1.27. The van der Waals surface area contributed by atoms with Crippen molar-refractivity contribution in [3.8, 4) is 0 Å². The third-order valence-electron chi connectivity index (χ3n) is 6.82. The number of fused-ring (bicyclic) bond motifs is 1. The van der Waals surface area contributed by atoms with E-state index in [1.165, 1.54) is 0 Å². The molecular formula is C28H38N6O2. The standard InChI is InChI=1S/C28H38N6O2/c1-22(2)28-29-13-17-32(28)21-27(36)31-14-7-5-4-6-8-16-34(23(3)35)26-18-24(10-11-25(26)20-31)19-33-15-9-12-30-33/h9-13,15,17-18,22H,4-8,14,16,19-21H2,1-3H3. The fraction of sp³-hybridized carbons (Fsp3) is 0.500. The molecule has 2 aromatic heterocycles. The molecule has 0 atom stereocenters. The first-order chi connectivity index (χ1) is 17.4. The molecule has 192 valence electrons. The highest BCUT2D eigenvalue weighted by Gasteiger charge is 2.22. The number of hydrogen-bond acceptors (Lipinski definition) is 4. The van der Waals surface area contributed by atoms with Gasteiger partial charge in [0, 0.05) is 63.0 Å². The Kier molecular flexibility index (Phi) is 8.57. The lowest BCUT2D eigenvalue weighted by molar-refractivity contribution is -0.132. The van der Waals surface area contributed by atoms with Gasteiger partial charge in [0.25, 0.3) is 0 Å². The molecule has 8 nitrogen and oxygen atoms in total. The van der Waals surface area contributed by atoms with Gasteiger partial charge in [-0.2, -0.15) is 5.10 Å². The van der Waals surface area contributed by atoms with Gasteiger partial charge in [-0.1, -0.05) is 45.2 Å². The molecule has 8 heteroatoms. The van der Waals surface area contributed by atoms with E-state index >= 15 is 0 Å². The Morgan fingerprint density at radius 2 is 1.78 bits per heavy atom. The largest absolute Gasteiger partial charge is 0.337 e. The fourth-order valence-electron chi connectivity index (χ4n) is 4.92. The van der Waals surface area contributed by atoms with Crippen LogP contribution in [0.5, 0.6) is 0 Å². The zero-order chi connectivity index (χ0) is 25.5. The van der Waals surface area contributed by atoms with Gasteiger partial charge in [0.05, 0.1) is 6.54 Å². The van der Waals surface area contributed by atoms with Gasteiger partial charge >= 0.3 is 0 Å². The van der Waals surface area contributed by atoms with Crippen molar-refractivity contribution in [2.24, 2.45) is 0 Å². The molecule has 0 saturated heterocycles. The van der Waals surface area contributed by atoms with Crippen LogP contribution in [-0.4, -0.2) is 49.1 Å². The first kappa shape index (κ1) is 25.7. The molecule has 0 aliphatic carbocycles. The van der Waals surface area contributed by atoms with Gasteiger partial charge in [0.1, 0.15) is 12.4 Å². The van der Waals surface area contributed by atoms with E-state index in [4.69, 9.17) is 0 Å². The quantitative estimate of drug-likeness (QED) is 0.524. The number of amides is 2. The molecule has 1 aromatic carbocycles. The molecular weight excluding hydrogens is 452 g/mol. The minimum atomic E-state index is 0.0300. The normalized spacial score (nSPS) is 15.3. The van der Waals surface area contributed by atoms with Crippen molar-refractivity contribution in [1.82, 2.24) is 24.2 Å². The lowest BCUT2D eigenvalue weighted by atomic mass is 10.0. The summed E-state index contributed by atoms with van der Waals surface area (Å²) in [5.41, 5.74) is 2.97. The summed E-state index contributed by atoms with van der Waals surface area (Å²) in [5, 5.41) is 4.33. The predicted molar refractivity (Wildman–Crippen MR) is 141 cm³/mol. The van der Waals surface area contributed by atoms with Gasteiger partial charge < -0.3 is 14.4 Å². The second-order valence-electron chi connectivity index (χ2n) is 9.99. The van der Waals surface area contributed by atoms with Crippen LogP contribution in [0.2, 0.25) is 0 Å². The summed E-state index contributed by atoms with van der Waals surface area (Å²) in [6, 6.07) is 8.16. The number of aromatic nitrogens is 4. The Hall–Kier alpha value is -3.42. The minimum absolute atomic E-state index is 0.0300. The van der Waals surface area contributed by atoms with Crippen LogP contribution in [0.3, 0.4) is 0 Å². The van der Waals surface area contributed by atoms with Crippen LogP contribution in [0.4, 0.5) is 5.69 Å². The first-order valence-corrected chi connectivity index (χ1v) is 13.1. The topological polar surface area (TPSA) is 76.3 Å². The molecule has 0 bridgehead atoms. The van der Waals surface area contributed by atoms with Crippen LogP contribution in [0, 0.1) is 0 Å². The summed E-state index contributed by atoms with van der Waals surface area (Å²) in [4.78, 5) is 34.6. The molecule has 0 unspecified atom stereocenters. The molecule has 3 aromatic rings. The Morgan fingerprint density at radius 1 is 1.00 bits per heavy atom. The highest BCUT2D eigenvalue weighted by Crippen LogP contribution is 2.27. The molecule has 0 N–H and O–H groups in total. The zero-order valence-electron chi connectivity index (χ0n) is 21.8. The van der Waals surface area contributed by atoms with Crippen LogP contribution < -0.4 is 4.90 Å². The molecule has 2 amide bonds. The summed E-state index contributed by atoms with van der Waals surface area (Å²) >= 11 is 0. The van der Waals surface area contributed by atoms with E-state index in [0.717, 1.165) is 54.7 Å². The van der Waals surface area contributed by atoms with E-state index in [9.17, 15) is 9.59 Å². The van der Waals surface area contributed by atoms with E-state index in [1.807, 2.05) is 37.5 Å². The second kappa shape index (κ2) is 12.0. The average Bonchev–Trinajstić information content (AvgIpc) is 3.52. The zero-order valence-corrected chi connectivity index (χ0v) is 21.8. The van der Waals surface area contributed by atoms with E-state index in [0.29, 0.717) is 26.2 Å².